The molecule has 45 heavy (non-hydrogen) atoms. The second kappa shape index (κ2) is 14.2. The third-order valence-corrected chi connectivity index (χ3v) is 13.6. The average molecular weight is 765 g/mol. The first-order valence-electron chi connectivity index (χ1n) is 15.1. The van der Waals surface area contributed by atoms with Crippen LogP contribution in [0.5, 0.6) is 0 Å². The molecule has 0 spiro atoms. The van der Waals surface area contributed by atoms with Gasteiger partial charge in [0.2, 0.25) is 0 Å². The standard InChI is InChI=1S/C41H36Si.2CH3.Hf/c1-29-15-19-32(20-16-29)38-13-7-11-34-25-36(27-40(34)38)42(3,24-23-31-9-5-4-6-10-31)37-26-35-12-8-14-39(41(35)28-37)33-21-17-30(2)18-22-33;;;/h4-22,25-28H,23-24H2,1-3H3;2*1H3;/q-2;2*-1;+4. The van der Waals surface area contributed by atoms with Crippen LogP contribution < -0.4 is 10.4 Å². The van der Waals surface area contributed by atoms with Crippen LogP contribution in [0, 0.1) is 28.7 Å². The van der Waals surface area contributed by atoms with Gasteiger partial charge < -0.3 is 14.9 Å². The maximum Gasteiger partial charge on any atom is 4.00 e. The van der Waals surface area contributed by atoms with E-state index in [9.17, 15) is 0 Å². The summed E-state index contributed by atoms with van der Waals surface area (Å²) in [6, 6.07) is 53.8. The van der Waals surface area contributed by atoms with Crippen LogP contribution in [0.15, 0.2) is 140 Å². The molecule has 0 bridgehead atoms. The van der Waals surface area contributed by atoms with Crippen LogP contribution >= 0.6 is 0 Å². The summed E-state index contributed by atoms with van der Waals surface area (Å²) in [4.78, 5) is 0. The monoisotopic (exact) mass is 766 g/mol. The Hall–Kier alpha value is -3.59. The molecule has 7 aromatic carbocycles. The third kappa shape index (κ3) is 6.69. The van der Waals surface area contributed by atoms with E-state index in [1.54, 1.807) is 0 Å². The van der Waals surface area contributed by atoms with Gasteiger partial charge in [-0.25, -0.2) is 0 Å². The minimum atomic E-state index is -2.12. The molecule has 0 unspecified atom stereocenters. The van der Waals surface area contributed by atoms with Crippen molar-refractivity contribution in [2.75, 3.05) is 0 Å². The molecule has 0 amide bonds. The Morgan fingerprint density at radius 2 is 0.978 bits per heavy atom. The second-order valence-corrected chi connectivity index (χ2v) is 16.5. The summed E-state index contributed by atoms with van der Waals surface area (Å²) in [6.45, 7) is 6.90. The molecule has 0 atom stereocenters. The van der Waals surface area contributed by atoms with E-state index in [0.717, 1.165) is 6.42 Å². The molecule has 0 aliphatic rings. The van der Waals surface area contributed by atoms with E-state index in [1.165, 1.54) is 76.9 Å². The van der Waals surface area contributed by atoms with Gasteiger partial charge in [-0.3, -0.25) is 0 Å². The fraction of sp³-hybridized carbons (Fsp3) is 0.116. The van der Waals surface area contributed by atoms with Crippen LogP contribution in [0.2, 0.25) is 12.6 Å². The van der Waals surface area contributed by atoms with Gasteiger partial charge in [0.15, 0.2) is 0 Å². The molecule has 0 aliphatic heterocycles. The van der Waals surface area contributed by atoms with Crippen molar-refractivity contribution in [3.05, 3.63) is 171 Å². The van der Waals surface area contributed by atoms with Crippen LogP contribution in [-0.2, 0) is 32.3 Å². The fourth-order valence-electron chi connectivity index (χ4n) is 6.57. The van der Waals surface area contributed by atoms with E-state index in [-0.39, 0.29) is 40.7 Å². The van der Waals surface area contributed by atoms with Gasteiger partial charge in [-0.1, -0.05) is 120 Å². The molecule has 0 aromatic heterocycles. The van der Waals surface area contributed by atoms with E-state index in [0.29, 0.717) is 0 Å². The normalized spacial score (nSPS) is 11.1. The largest absolute Gasteiger partial charge is 4.00 e. The number of rotatable bonds is 7. The van der Waals surface area contributed by atoms with Gasteiger partial charge >= 0.3 is 25.8 Å². The van der Waals surface area contributed by atoms with Gasteiger partial charge in [-0.05, 0) is 43.0 Å². The number of aryl methyl sites for hydroxylation is 3. The van der Waals surface area contributed by atoms with Crippen LogP contribution in [0.1, 0.15) is 16.7 Å². The van der Waals surface area contributed by atoms with E-state index >= 15 is 0 Å². The first-order chi connectivity index (χ1) is 20.5. The molecular weight excluding hydrogens is 723 g/mol. The molecule has 7 rings (SSSR count). The van der Waals surface area contributed by atoms with E-state index in [2.05, 4.69) is 160 Å². The van der Waals surface area contributed by atoms with Crippen LogP contribution in [0.25, 0.3) is 43.8 Å². The smallest absolute Gasteiger partial charge is 0.358 e. The zero-order chi connectivity index (χ0) is 28.7. The maximum atomic E-state index is 2.59. The number of fused-ring (bicyclic) bond motifs is 2. The molecule has 0 saturated heterocycles. The molecule has 0 N–H and O–H groups in total. The van der Waals surface area contributed by atoms with E-state index in [4.69, 9.17) is 0 Å². The molecule has 0 heterocycles. The Morgan fingerprint density at radius 1 is 0.533 bits per heavy atom. The molecule has 0 saturated carbocycles. The van der Waals surface area contributed by atoms with Crippen LogP contribution in [0.3, 0.4) is 0 Å². The first-order valence-corrected chi connectivity index (χ1v) is 17.8. The molecular formula is C43H42HfSi. The average Bonchev–Trinajstić information content (AvgIpc) is 3.67. The van der Waals surface area contributed by atoms with Crippen molar-refractivity contribution in [1.82, 2.24) is 0 Å². The third-order valence-electron chi connectivity index (χ3n) is 9.26. The second-order valence-electron chi connectivity index (χ2n) is 12.2. The summed E-state index contributed by atoms with van der Waals surface area (Å²) >= 11 is 0. The van der Waals surface area contributed by atoms with Gasteiger partial charge in [-0.15, -0.1) is 68.3 Å². The van der Waals surface area contributed by atoms with E-state index in [1.807, 2.05) is 0 Å². The Kier molecular flexibility index (Phi) is 10.8. The van der Waals surface area contributed by atoms with Crippen molar-refractivity contribution in [1.29, 1.82) is 0 Å². The van der Waals surface area contributed by atoms with Crippen molar-refractivity contribution in [2.45, 2.75) is 32.9 Å². The quantitative estimate of drug-likeness (QED) is 0.112. The fourth-order valence-corrected chi connectivity index (χ4v) is 10.1. The molecule has 0 radical (unpaired) electrons. The molecule has 0 aliphatic carbocycles. The number of hydrogen-bond acceptors (Lipinski definition) is 0. The minimum Gasteiger partial charge on any atom is -0.358 e. The van der Waals surface area contributed by atoms with Gasteiger partial charge in [0.25, 0.3) is 0 Å². The Labute approximate surface area is 290 Å². The van der Waals surface area contributed by atoms with Crippen molar-refractivity contribution < 1.29 is 25.8 Å². The summed E-state index contributed by atoms with van der Waals surface area (Å²) in [5, 5.41) is 8.48. The molecule has 0 nitrogen and oxygen atoms in total. The Morgan fingerprint density at radius 3 is 1.42 bits per heavy atom. The predicted molar refractivity (Wildman–Crippen MR) is 198 cm³/mol. The van der Waals surface area contributed by atoms with Crippen molar-refractivity contribution in [3.8, 4) is 22.3 Å². The summed E-state index contributed by atoms with van der Waals surface area (Å²) in [6.07, 6.45) is 1.09. The first kappa shape index (κ1) is 34.3. The van der Waals surface area contributed by atoms with Crippen LogP contribution in [-0.4, -0.2) is 8.07 Å². The summed E-state index contributed by atoms with van der Waals surface area (Å²) in [5.41, 5.74) is 9.24. The number of hydrogen-bond donors (Lipinski definition) is 0. The molecule has 222 valence electrons. The zero-order valence-corrected chi connectivity index (χ0v) is 31.8. The Bertz CT molecular complexity index is 1870. The Balaban J connectivity index is 0.00000154. The SMILES string of the molecule is Cc1ccc(-c2cccc3[cH-]c([Si](C)(CCc4ccccc4)c4cc5c(-c6ccc(C)cc6)cccc5[cH-]4)cc23)cc1.[CH3-].[CH3-].[Hf+4]. The van der Waals surface area contributed by atoms with Crippen molar-refractivity contribution in [3.63, 3.8) is 0 Å². The van der Waals surface area contributed by atoms with Gasteiger partial charge in [0.1, 0.15) is 0 Å². The summed E-state index contributed by atoms with van der Waals surface area (Å²) in [7, 11) is -2.12. The van der Waals surface area contributed by atoms with Crippen molar-refractivity contribution in [2.24, 2.45) is 0 Å². The van der Waals surface area contributed by atoms with Crippen LogP contribution in [0.4, 0.5) is 0 Å². The van der Waals surface area contributed by atoms with Crippen molar-refractivity contribution >= 4 is 40.0 Å². The molecule has 0 fully saturated rings. The minimum absolute atomic E-state index is 0. The van der Waals surface area contributed by atoms with Gasteiger partial charge in [0, 0.05) is 0 Å². The van der Waals surface area contributed by atoms with Gasteiger partial charge in [0.05, 0.1) is 8.07 Å². The topological polar surface area (TPSA) is 0 Å². The van der Waals surface area contributed by atoms with Gasteiger partial charge in [-0.2, -0.15) is 12.1 Å². The van der Waals surface area contributed by atoms with E-state index < -0.39 is 8.07 Å². The predicted octanol–water partition coefficient (Wildman–Crippen LogP) is 10.7. The zero-order valence-electron chi connectivity index (χ0n) is 27.2. The maximum absolute atomic E-state index is 2.59. The number of benzene rings is 5. The summed E-state index contributed by atoms with van der Waals surface area (Å²) < 4.78 is 0. The summed E-state index contributed by atoms with van der Waals surface area (Å²) in [5.74, 6) is 0. The molecule has 7 aromatic rings. The molecule has 2 heteroatoms.